The molecule has 2 N–H and O–H groups in total. The van der Waals surface area contributed by atoms with Gasteiger partial charge in [0.2, 0.25) is 0 Å². The van der Waals surface area contributed by atoms with E-state index in [4.69, 9.17) is 14.2 Å². The minimum atomic E-state index is -0.430. The van der Waals surface area contributed by atoms with Gasteiger partial charge < -0.3 is 24.8 Å². The molecule has 0 aliphatic heterocycles. The molecule has 0 atom stereocenters. The number of ether oxygens (including phenoxy) is 3. The predicted octanol–water partition coefficient (Wildman–Crippen LogP) is 2.72. The molecule has 2 aromatic rings. The maximum atomic E-state index is 13.4. The van der Waals surface area contributed by atoms with Crippen LogP contribution in [0.5, 0.6) is 17.2 Å². The van der Waals surface area contributed by atoms with E-state index >= 15 is 0 Å². The zero-order valence-electron chi connectivity index (χ0n) is 14.2. The first-order chi connectivity index (χ1) is 12.1. The van der Waals surface area contributed by atoms with Gasteiger partial charge in [-0.05, 0) is 29.8 Å². The minimum absolute atomic E-state index is 0.162. The largest absolute Gasteiger partial charge is 0.493 e. The number of hydrogen-bond donors (Lipinski definition) is 2. The lowest BCUT2D eigenvalue weighted by molar-refractivity contribution is 0.235. The summed E-state index contributed by atoms with van der Waals surface area (Å²) in [5.41, 5.74) is 0.871. The molecule has 0 fully saturated rings. The number of para-hydroxylation sites is 1. The van der Waals surface area contributed by atoms with Crippen molar-refractivity contribution in [2.45, 2.75) is 6.54 Å². The highest BCUT2D eigenvalue weighted by atomic mass is 19.1. The van der Waals surface area contributed by atoms with Crippen molar-refractivity contribution in [3.8, 4) is 17.2 Å². The summed E-state index contributed by atoms with van der Waals surface area (Å²) in [6, 6.07) is 11.2. The summed E-state index contributed by atoms with van der Waals surface area (Å²) in [4.78, 5) is 11.8. The van der Waals surface area contributed by atoms with Crippen LogP contribution in [0, 0.1) is 5.82 Å². The Labute approximate surface area is 145 Å². The second-order valence-corrected chi connectivity index (χ2v) is 5.08. The van der Waals surface area contributed by atoms with Crippen LogP contribution in [0.3, 0.4) is 0 Å². The first-order valence-corrected chi connectivity index (χ1v) is 7.74. The van der Waals surface area contributed by atoms with Gasteiger partial charge in [-0.2, -0.15) is 0 Å². The van der Waals surface area contributed by atoms with Crippen molar-refractivity contribution in [1.82, 2.24) is 10.6 Å². The Morgan fingerprint density at radius 2 is 1.76 bits per heavy atom. The summed E-state index contributed by atoms with van der Waals surface area (Å²) in [6.45, 7) is 0.761. The Kier molecular flexibility index (Phi) is 6.88. The molecule has 0 aliphatic carbocycles. The average Bonchev–Trinajstić information content (AvgIpc) is 2.64. The van der Waals surface area contributed by atoms with E-state index in [0.29, 0.717) is 18.0 Å². The SMILES string of the molecule is COc1ccc(CNC(=O)NCCOc2ccccc2F)cc1OC. The van der Waals surface area contributed by atoms with E-state index in [-0.39, 0.29) is 24.9 Å². The van der Waals surface area contributed by atoms with Crippen LogP contribution >= 0.6 is 0 Å². The molecule has 2 amide bonds. The fourth-order valence-corrected chi connectivity index (χ4v) is 2.12. The van der Waals surface area contributed by atoms with Gasteiger partial charge in [0, 0.05) is 6.54 Å². The fraction of sp³-hybridized carbons (Fsp3) is 0.278. The van der Waals surface area contributed by atoms with Crippen LogP contribution in [0.2, 0.25) is 0 Å². The summed E-state index contributed by atoms with van der Waals surface area (Å²) in [6.07, 6.45) is 0. The van der Waals surface area contributed by atoms with Crippen molar-refractivity contribution < 1.29 is 23.4 Å². The molecule has 0 aromatic heterocycles. The molecule has 0 spiro atoms. The molecule has 2 aromatic carbocycles. The van der Waals surface area contributed by atoms with E-state index in [2.05, 4.69) is 10.6 Å². The van der Waals surface area contributed by atoms with E-state index < -0.39 is 5.82 Å². The van der Waals surface area contributed by atoms with Crippen molar-refractivity contribution in [1.29, 1.82) is 0 Å². The number of carbonyl (C=O) groups is 1. The Bertz CT molecular complexity index is 709. The number of hydrogen-bond acceptors (Lipinski definition) is 4. The smallest absolute Gasteiger partial charge is 0.315 e. The molecule has 0 saturated carbocycles. The quantitative estimate of drug-likeness (QED) is 0.720. The van der Waals surface area contributed by atoms with Gasteiger partial charge in [-0.1, -0.05) is 18.2 Å². The van der Waals surface area contributed by atoms with Gasteiger partial charge in [0.05, 0.1) is 20.8 Å². The third-order valence-electron chi connectivity index (χ3n) is 3.38. The van der Waals surface area contributed by atoms with Gasteiger partial charge in [0.15, 0.2) is 23.1 Å². The summed E-state index contributed by atoms with van der Waals surface area (Å²) in [5.74, 6) is 0.955. The highest BCUT2D eigenvalue weighted by Crippen LogP contribution is 2.27. The minimum Gasteiger partial charge on any atom is -0.493 e. The average molecular weight is 348 g/mol. The van der Waals surface area contributed by atoms with E-state index in [1.165, 1.54) is 12.1 Å². The summed E-state index contributed by atoms with van der Waals surface area (Å²) < 4.78 is 29.0. The van der Waals surface area contributed by atoms with Crippen LogP contribution in [0.1, 0.15) is 5.56 Å². The Balaban J connectivity index is 1.71. The summed E-state index contributed by atoms with van der Waals surface area (Å²) in [5, 5.41) is 5.36. The summed E-state index contributed by atoms with van der Waals surface area (Å²) >= 11 is 0. The van der Waals surface area contributed by atoms with Crippen molar-refractivity contribution in [3.63, 3.8) is 0 Å². The van der Waals surface area contributed by atoms with Gasteiger partial charge >= 0.3 is 6.03 Å². The van der Waals surface area contributed by atoms with Crippen LogP contribution in [0.4, 0.5) is 9.18 Å². The molecule has 7 heteroatoms. The lowest BCUT2D eigenvalue weighted by Crippen LogP contribution is -2.37. The van der Waals surface area contributed by atoms with Gasteiger partial charge in [0.1, 0.15) is 6.61 Å². The monoisotopic (exact) mass is 348 g/mol. The predicted molar refractivity (Wildman–Crippen MR) is 91.7 cm³/mol. The van der Waals surface area contributed by atoms with E-state index in [1.54, 1.807) is 38.5 Å². The van der Waals surface area contributed by atoms with E-state index in [9.17, 15) is 9.18 Å². The molecule has 0 bridgehead atoms. The number of nitrogens with one attached hydrogen (secondary N) is 2. The van der Waals surface area contributed by atoms with Crippen LogP contribution in [0.25, 0.3) is 0 Å². The van der Waals surface area contributed by atoms with Crippen molar-refractivity contribution in [2.75, 3.05) is 27.4 Å². The van der Waals surface area contributed by atoms with Gasteiger partial charge in [0.25, 0.3) is 0 Å². The van der Waals surface area contributed by atoms with Crippen molar-refractivity contribution in [3.05, 3.63) is 53.8 Å². The van der Waals surface area contributed by atoms with Crippen LogP contribution in [-0.4, -0.2) is 33.4 Å². The molecule has 0 aliphatic rings. The maximum Gasteiger partial charge on any atom is 0.315 e. The molecule has 0 unspecified atom stereocenters. The molecular weight excluding hydrogens is 327 g/mol. The van der Waals surface area contributed by atoms with Gasteiger partial charge in [-0.3, -0.25) is 0 Å². The van der Waals surface area contributed by atoms with Crippen molar-refractivity contribution >= 4 is 6.03 Å². The number of rotatable bonds is 8. The molecule has 134 valence electrons. The summed E-state index contributed by atoms with van der Waals surface area (Å²) in [7, 11) is 3.12. The lowest BCUT2D eigenvalue weighted by Gasteiger charge is -2.11. The number of amides is 2. The molecular formula is C18H21FN2O4. The van der Waals surface area contributed by atoms with E-state index in [0.717, 1.165) is 5.56 Å². The Morgan fingerprint density at radius 1 is 1.00 bits per heavy atom. The Morgan fingerprint density at radius 3 is 2.48 bits per heavy atom. The van der Waals surface area contributed by atoms with Crippen LogP contribution < -0.4 is 24.8 Å². The third kappa shape index (κ3) is 5.56. The lowest BCUT2D eigenvalue weighted by atomic mass is 10.2. The Hall–Kier alpha value is -2.96. The highest BCUT2D eigenvalue weighted by Gasteiger charge is 2.06. The first kappa shape index (κ1) is 18.4. The molecule has 0 heterocycles. The second kappa shape index (κ2) is 9.36. The number of urea groups is 1. The molecule has 6 nitrogen and oxygen atoms in total. The number of carbonyl (C=O) groups excluding carboxylic acids is 1. The van der Waals surface area contributed by atoms with Crippen LogP contribution in [-0.2, 0) is 6.54 Å². The third-order valence-corrected chi connectivity index (χ3v) is 3.38. The molecule has 2 rings (SSSR count). The number of methoxy groups -OCH3 is 2. The standard InChI is InChI=1S/C18H21FN2O4/c1-23-16-8-7-13(11-17(16)24-2)12-21-18(22)20-9-10-25-15-6-4-3-5-14(15)19/h3-8,11H,9-10,12H2,1-2H3,(H2,20,21,22). The first-order valence-electron chi connectivity index (χ1n) is 7.74. The normalized spacial score (nSPS) is 10.0. The van der Waals surface area contributed by atoms with Gasteiger partial charge in [-0.15, -0.1) is 0 Å². The topological polar surface area (TPSA) is 68.8 Å². The maximum absolute atomic E-state index is 13.4. The fourth-order valence-electron chi connectivity index (χ4n) is 2.12. The molecule has 25 heavy (non-hydrogen) atoms. The second-order valence-electron chi connectivity index (χ2n) is 5.08. The zero-order valence-corrected chi connectivity index (χ0v) is 14.2. The van der Waals surface area contributed by atoms with Crippen molar-refractivity contribution in [2.24, 2.45) is 0 Å². The number of benzene rings is 2. The number of halogens is 1. The van der Waals surface area contributed by atoms with E-state index in [1.807, 2.05) is 6.07 Å². The molecule has 0 radical (unpaired) electrons. The van der Waals surface area contributed by atoms with Gasteiger partial charge in [-0.25, -0.2) is 9.18 Å². The molecule has 0 saturated heterocycles. The highest BCUT2D eigenvalue weighted by molar-refractivity contribution is 5.73. The van der Waals surface area contributed by atoms with Crippen LogP contribution in [0.15, 0.2) is 42.5 Å². The zero-order chi connectivity index (χ0) is 18.1.